The second-order valence-electron chi connectivity index (χ2n) is 7.89. The maximum atomic E-state index is 6.33. The number of allylic oxidation sites excluding steroid dienone is 2. The minimum absolute atomic E-state index is 0.713. The van der Waals surface area contributed by atoms with E-state index in [4.69, 9.17) is 5.73 Å². The molecule has 0 bridgehead atoms. The van der Waals surface area contributed by atoms with E-state index in [1.54, 1.807) is 0 Å². The first-order chi connectivity index (χ1) is 18.6. The number of nitrogens with two attached hydrogens (primary N) is 1. The number of rotatable bonds is 6. The van der Waals surface area contributed by atoms with Crippen LogP contribution in [-0.4, -0.2) is 0 Å². The molecule has 0 saturated carbocycles. The predicted molar refractivity (Wildman–Crippen MR) is 173 cm³/mol. The molecule has 0 saturated heterocycles. The fourth-order valence-corrected chi connectivity index (χ4v) is 3.95. The van der Waals surface area contributed by atoms with Gasteiger partial charge < -0.3 is 10.6 Å². The van der Waals surface area contributed by atoms with E-state index in [9.17, 15) is 0 Å². The van der Waals surface area contributed by atoms with Gasteiger partial charge in [-0.3, -0.25) is 0 Å². The molecule has 0 spiro atoms. The van der Waals surface area contributed by atoms with Gasteiger partial charge in [0.25, 0.3) is 0 Å². The first-order valence-electron chi connectivity index (χ1n) is 13.8. The number of para-hydroxylation sites is 2. The number of nitrogen functional groups attached to an aromatic ring is 1. The summed E-state index contributed by atoms with van der Waals surface area (Å²) in [6.45, 7) is 20.4. The minimum Gasteiger partial charge on any atom is -0.397 e. The number of nitrogens with zero attached hydrogens (tertiary/aromatic N) is 1. The van der Waals surface area contributed by atoms with Crippen LogP contribution in [-0.2, 0) is 0 Å². The Balaban J connectivity index is 0.00000112. The molecule has 2 N–H and O–H groups in total. The molecule has 4 rings (SSSR count). The van der Waals surface area contributed by atoms with Crippen LogP contribution in [0.4, 0.5) is 17.1 Å². The van der Waals surface area contributed by atoms with Gasteiger partial charge in [-0.1, -0.05) is 126 Å². The Hall–Kier alpha value is -4.04. The van der Waals surface area contributed by atoms with Crippen molar-refractivity contribution in [3.05, 3.63) is 127 Å². The predicted octanol–water partition coefficient (Wildman–Crippen LogP) is 11.2. The zero-order chi connectivity index (χ0) is 28.5. The molecular formula is C36H46N2. The Kier molecular flexibility index (Phi) is 14.7. The van der Waals surface area contributed by atoms with Crippen LogP contribution in [0, 0.1) is 6.92 Å². The van der Waals surface area contributed by atoms with E-state index in [-0.39, 0.29) is 0 Å². The van der Waals surface area contributed by atoms with Crippen molar-refractivity contribution in [3.63, 3.8) is 0 Å². The van der Waals surface area contributed by atoms with Gasteiger partial charge in [-0.2, -0.15) is 0 Å². The van der Waals surface area contributed by atoms with Crippen LogP contribution in [0.25, 0.3) is 22.3 Å². The van der Waals surface area contributed by atoms with E-state index in [1.807, 2.05) is 84.9 Å². The van der Waals surface area contributed by atoms with Gasteiger partial charge in [-0.05, 0) is 72.5 Å². The summed E-state index contributed by atoms with van der Waals surface area (Å²) in [5.41, 5.74) is 15.8. The van der Waals surface area contributed by atoms with Crippen LogP contribution in [0.3, 0.4) is 0 Å². The molecule has 0 aromatic heterocycles. The summed E-state index contributed by atoms with van der Waals surface area (Å²) in [5.74, 6) is 0. The lowest BCUT2D eigenvalue weighted by atomic mass is 9.98. The summed E-state index contributed by atoms with van der Waals surface area (Å²) in [6.07, 6.45) is 3.99. The molecule has 0 amide bonds. The Bertz CT molecular complexity index is 1280. The first kappa shape index (κ1) is 32.0. The lowest BCUT2D eigenvalue weighted by Crippen LogP contribution is -2.15. The number of hydrogen-bond acceptors (Lipinski definition) is 2. The molecule has 4 aromatic rings. The fourth-order valence-electron chi connectivity index (χ4n) is 3.95. The highest BCUT2D eigenvalue weighted by molar-refractivity contribution is 5.82. The highest BCUT2D eigenvalue weighted by Crippen LogP contribution is 2.36. The number of hydrogen-bond donors (Lipinski definition) is 1. The molecule has 0 radical (unpaired) electrons. The largest absolute Gasteiger partial charge is 0.397 e. The summed E-state index contributed by atoms with van der Waals surface area (Å²) in [5, 5.41) is 0. The monoisotopic (exact) mass is 506 g/mol. The quantitative estimate of drug-likeness (QED) is 0.208. The molecule has 0 fully saturated rings. The summed E-state index contributed by atoms with van der Waals surface area (Å²) in [4.78, 5) is 2.10. The molecule has 2 nitrogen and oxygen atoms in total. The topological polar surface area (TPSA) is 29.3 Å². The van der Waals surface area contributed by atoms with Crippen molar-refractivity contribution in [2.75, 3.05) is 10.6 Å². The summed E-state index contributed by atoms with van der Waals surface area (Å²) in [7, 11) is 0. The second-order valence-corrected chi connectivity index (χ2v) is 7.89. The molecule has 0 heterocycles. The lowest BCUT2D eigenvalue weighted by molar-refractivity contribution is 1.22. The van der Waals surface area contributed by atoms with Crippen molar-refractivity contribution in [2.45, 2.75) is 55.4 Å². The van der Waals surface area contributed by atoms with Crippen molar-refractivity contribution < 1.29 is 0 Å². The van der Waals surface area contributed by atoms with Gasteiger partial charge in [0, 0.05) is 11.4 Å². The molecule has 200 valence electrons. The fraction of sp³-hybridized carbons (Fsp3) is 0.222. The molecule has 38 heavy (non-hydrogen) atoms. The number of aryl methyl sites for hydroxylation is 1. The Labute approximate surface area is 232 Å². The normalized spacial score (nSPS) is 9.68. The zero-order valence-corrected chi connectivity index (χ0v) is 24.6. The van der Waals surface area contributed by atoms with Gasteiger partial charge in [-0.25, -0.2) is 0 Å². The summed E-state index contributed by atoms with van der Waals surface area (Å²) < 4.78 is 0. The van der Waals surface area contributed by atoms with Crippen LogP contribution in [0.2, 0.25) is 0 Å². The minimum atomic E-state index is 0.713. The Morgan fingerprint density at radius 3 is 1.71 bits per heavy atom. The van der Waals surface area contributed by atoms with Gasteiger partial charge in [-0.15, -0.1) is 0 Å². The zero-order valence-electron chi connectivity index (χ0n) is 24.6. The third-order valence-corrected chi connectivity index (χ3v) is 5.48. The van der Waals surface area contributed by atoms with E-state index in [1.165, 1.54) is 22.3 Å². The highest BCUT2D eigenvalue weighted by Gasteiger charge is 2.15. The van der Waals surface area contributed by atoms with Crippen molar-refractivity contribution in [1.82, 2.24) is 0 Å². The van der Waals surface area contributed by atoms with Gasteiger partial charge in [0.15, 0.2) is 0 Å². The molecule has 0 aliphatic heterocycles. The number of anilines is 3. The van der Waals surface area contributed by atoms with Crippen LogP contribution in [0.5, 0.6) is 0 Å². The number of benzene rings is 4. The van der Waals surface area contributed by atoms with Gasteiger partial charge in [0.1, 0.15) is 0 Å². The smallest absolute Gasteiger partial charge is 0.0690 e. The Morgan fingerprint density at radius 2 is 1.16 bits per heavy atom. The molecule has 0 unspecified atom stereocenters. The standard InChI is InChI=1S/C30H28N2.3C2H6/c1-4-10-23(3)32(30-18-6-5-17-29(30)31)28-16-9-15-27(21-28)26-14-8-13-25(20-26)24-12-7-11-22(2)19-24;3*1-2/h4-21H,3,31H2,1-2H3;3*1-2H3/b10-4-;;;. The molecule has 0 aliphatic carbocycles. The van der Waals surface area contributed by atoms with Crippen LogP contribution >= 0.6 is 0 Å². The van der Waals surface area contributed by atoms with Crippen molar-refractivity contribution in [1.29, 1.82) is 0 Å². The van der Waals surface area contributed by atoms with Crippen molar-refractivity contribution >= 4 is 17.1 Å². The van der Waals surface area contributed by atoms with Gasteiger partial charge >= 0.3 is 0 Å². The highest BCUT2D eigenvalue weighted by atomic mass is 15.2. The van der Waals surface area contributed by atoms with E-state index >= 15 is 0 Å². The van der Waals surface area contributed by atoms with E-state index in [0.717, 1.165) is 22.6 Å². The van der Waals surface area contributed by atoms with E-state index in [0.29, 0.717) is 5.69 Å². The lowest BCUT2D eigenvalue weighted by Gasteiger charge is -2.27. The summed E-state index contributed by atoms with van der Waals surface area (Å²) in [6, 6.07) is 33.7. The summed E-state index contributed by atoms with van der Waals surface area (Å²) >= 11 is 0. The maximum Gasteiger partial charge on any atom is 0.0690 e. The molecule has 4 aromatic carbocycles. The van der Waals surface area contributed by atoms with E-state index < -0.39 is 0 Å². The van der Waals surface area contributed by atoms with Crippen LogP contribution in [0.15, 0.2) is 121 Å². The average Bonchev–Trinajstić information content (AvgIpc) is 2.98. The van der Waals surface area contributed by atoms with Crippen molar-refractivity contribution in [2.24, 2.45) is 0 Å². The third kappa shape index (κ3) is 8.52. The second kappa shape index (κ2) is 17.4. The van der Waals surface area contributed by atoms with Crippen molar-refractivity contribution in [3.8, 4) is 22.3 Å². The molecule has 2 heteroatoms. The molecular weight excluding hydrogens is 460 g/mol. The van der Waals surface area contributed by atoms with Gasteiger partial charge in [0.2, 0.25) is 0 Å². The Morgan fingerprint density at radius 1 is 0.658 bits per heavy atom. The first-order valence-corrected chi connectivity index (χ1v) is 13.8. The SMILES string of the molecule is C=C(/C=C\C)N(c1cccc(-c2cccc(-c3cccc(C)c3)c2)c1)c1ccccc1N.CC.CC.CC. The maximum absolute atomic E-state index is 6.33. The molecule has 0 atom stereocenters. The van der Waals surface area contributed by atoms with Crippen LogP contribution in [0.1, 0.15) is 54.0 Å². The van der Waals surface area contributed by atoms with E-state index in [2.05, 4.69) is 91.2 Å². The third-order valence-electron chi connectivity index (χ3n) is 5.48. The molecule has 0 aliphatic rings. The average molecular weight is 507 g/mol. The van der Waals surface area contributed by atoms with Crippen LogP contribution < -0.4 is 10.6 Å². The van der Waals surface area contributed by atoms with Gasteiger partial charge in [0.05, 0.1) is 11.4 Å².